The fourth-order valence-corrected chi connectivity index (χ4v) is 2.42. The van der Waals surface area contributed by atoms with E-state index in [0.29, 0.717) is 18.5 Å². The summed E-state index contributed by atoms with van der Waals surface area (Å²) in [7, 11) is 3.43. The van der Waals surface area contributed by atoms with Crippen LogP contribution in [0.3, 0.4) is 0 Å². The molecule has 0 aromatic heterocycles. The number of hydrogen-bond acceptors (Lipinski definition) is 3. The van der Waals surface area contributed by atoms with E-state index >= 15 is 0 Å². The molecule has 132 valence electrons. The van der Waals surface area contributed by atoms with Crippen molar-refractivity contribution >= 4 is 41.8 Å². The van der Waals surface area contributed by atoms with Crippen LogP contribution in [0, 0.1) is 0 Å². The lowest BCUT2D eigenvalue weighted by atomic mass is 10.3. The standard InChI is InChI=1S/C15H27N5O2.HI/c1-11(2)17-15(16-9-13(21)18(3)4)19-7-8-20(12-5-6-12)14(22)10-19;/h11-12H,5-10H2,1-4H3,(H,16,17);1H. The van der Waals surface area contributed by atoms with Crippen molar-refractivity contribution in [2.45, 2.75) is 38.8 Å². The zero-order valence-corrected chi connectivity index (χ0v) is 16.7. The molecule has 1 heterocycles. The van der Waals surface area contributed by atoms with Gasteiger partial charge >= 0.3 is 0 Å². The molecule has 2 fully saturated rings. The number of likely N-dealkylation sites (N-methyl/N-ethyl adjacent to an activating group) is 1. The van der Waals surface area contributed by atoms with Crippen LogP contribution in [0.15, 0.2) is 4.99 Å². The van der Waals surface area contributed by atoms with Crippen LogP contribution in [0.2, 0.25) is 0 Å². The van der Waals surface area contributed by atoms with Crippen molar-refractivity contribution in [2.24, 2.45) is 4.99 Å². The van der Waals surface area contributed by atoms with Gasteiger partial charge in [0.25, 0.3) is 0 Å². The smallest absolute Gasteiger partial charge is 0.243 e. The molecular weight excluding hydrogens is 409 g/mol. The van der Waals surface area contributed by atoms with Crippen molar-refractivity contribution in [3.63, 3.8) is 0 Å². The first-order valence-electron chi connectivity index (χ1n) is 7.94. The van der Waals surface area contributed by atoms with Gasteiger partial charge in [-0.15, -0.1) is 24.0 Å². The van der Waals surface area contributed by atoms with Crippen molar-refractivity contribution in [1.82, 2.24) is 20.0 Å². The van der Waals surface area contributed by atoms with Gasteiger partial charge in [-0.2, -0.15) is 0 Å². The molecule has 1 aliphatic carbocycles. The van der Waals surface area contributed by atoms with Gasteiger partial charge in [-0.1, -0.05) is 0 Å². The molecule has 1 N–H and O–H groups in total. The van der Waals surface area contributed by atoms with Gasteiger partial charge in [0.05, 0.1) is 6.54 Å². The minimum atomic E-state index is -0.0500. The van der Waals surface area contributed by atoms with E-state index in [2.05, 4.69) is 10.3 Å². The first-order valence-corrected chi connectivity index (χ1v) is 7.94. The number of carbonyl (C=O) groups is 2. The molecule has 0 aromatic carbocycles. The van der Waals surface area contributed by atoms with Gasteiger partial charge in [-0.25, -0.2) is 4.99 Å². The maximum atomic E-state index is 12.2. The molecule has 2 rings (SSSR count). The Bertz CT molecular complexity index is 463. The summed E-state index contributed by atoms with van der Waals surface area (Å²) in [6.45, 7) is 5.97. The number of hydrogen-bond donors (Lipinski definition) is 1. The lowest BCUT2D eigenvalue weighted by Gasteiger charge is -2.36. The van der Waals surface area contributed by atoms with Gasteiger partial charge in [0.1, 0.15) is 6.54 Å². The highest BCUT2D eigenvalue weighted by atomic mass is 127. The van der Waals surface area contributed by atoms with E-state index in [1.807, 2.05) is 23.6 Å². The molecule has 1 saturated heterocycles. The Morgan fingerprint density at radius 2 is 2.00 bits per heavy atom. The quantitative estimate of drug-likeness (QED) is 0.392. The third kappa shape index (κ3) is 5.82. The maximum absolute atomic E-state index is 12.2. The maximum Gasteiger partial charge on any atom is 0.243 e. The van der Waals surface area contributed by atoms with E-state index in [-0.39, 0.29) is 48.4 Å². The first kappa shape index (κ1) is 20.0. The Morgan fingerprint density at radius 1 is 1.35 bits per heavy atom. The van der Waals surface area contributed by atoms with E-state index in [9.17, 15) is 9.59 Å². The van der Waals surface area contributed by atoms with Crippen molar-refractivity contribution in [2.75, 3.05) is 40.3 Å². The SMILES string of the molecule is CC(C)NC(=NCC(=O)N(C)C)N1CCN(C2CC2)C(=O)C1.I. The lowest BCUT2D eigenvalue weighted by molar-refractivity contribution is -0.135. The molecule has 2 amide bonds. The largest absolute Gasteiger partial charge is 0.354 e. The highest BCUT2D eigenvalue weighted by Gasteiger charge is 2.36. The van der Waals surface area contributed by atoms with Crippen molar-refractivity contribution < 1.29 is 9.59 Å². The summed E-state index contributed by atoms with van der Waals surface area (Å²) in [6, 6.07) is 0.660. The molecule has 7 nitrogen and oxygen atoms in total. The van der Waals surface area contributed by atoms with Crippen LogP contribution in [-0.4, -0.2) is 84.8 Å². The Labute approximate surface area is 155 Å². The molecule has 8 heteroatoms. The summed E-state index contributed by atoms with van der Waals surface area (Å²) < 4.78 is 0. The topological polar surface area (TPSA) is 68.2 Å². The average molecular weight is 437 g/mol. The molecule has 0 atom stereocenters. The second-order valence-corrected chi connectivity index (χ2v) is 6.47. The van der Waals surface area contributed by atoms with Crippen LogP contribution in [-0.2, 0) is 9.59 Å². The van der Waals surface area contributed by atoms with Crippen LogP contribution in [0.4, 0.5) is 0 Å². The van der Waals surface area contributed by atoms with Crippen molar-refractivity contribution in [3.8, 4) is 0 Å². The Morgan fingerprint density at radius 3 is 2.48 bits per heavy atom. The highest BCUT2D eigenvalue weighted by molar-refractivity contribution is 14.0. The predicted molar refractivity (Wildman–Crippen MR) is 101 cm³/mol. The number of halogens is 1. The Balaban J connectivity index is 0.00000264. The van der Waals surface area contributed by atoms with Gasteiger partial charge in [-0.3, -0.25) is 9.59 Å². The summed E-state index contributed by atoms with van der Waals surface area (Å²) in [4.78, 5) is 33.8. The zero-order chi connectivity index (χ0) is 16.3. The van der Waals surface area contributed by atoms with Crippen LogP contribution >= 0.6 is 24.0 Å². The summed E-state index contributed by atoms with van der Waals surface area (Å²) in [5, 5.41) is 3.26. The van der Waals surface area contributed by atoms with Gasteiger partial charge < -0.3 is 20.0 Å². The molecule has 0 radical (unpaired) electrons. The van der Waals surface area contributed by atoms with Gasteiger partial charge in [0.2, 0.25) is 11.8 Å². The number of aliphatic imine (C=N–C) groups is 1. The Hall–Kier alpha value is -1.06. The van der Waals surface area contributed by atoms with E-state index in [0.717, 1.165) is 25.9 Å². The normalized spacial score (nSPS) is 18.8. The minimum Gasteiger partial charge on any atom is -0.354 e. The van der Waals surface area contributed by atoms with Crippen molar-refractivity contribution in [1.29, 1.82) is 0 Å². The molecular formula is C15H28IN5O2. The molecule has 0 bridgehead atoms. The summed E-state index contributed by atoms with van der Waals surface area (Å²) in [5.74, 6) is 0.755. The fourth-order valence-electron chi connectivity index (χ4n) is 2.42. The first-order chi connectivity index (χ1) is 10.4. The molecule has 1 aliphatic heterocycles. The number of piperazine rings is 1. The number of guanidine groups is 1. The minimum absolute atomic E-state index is 0. The van der Waals surface area contributed by atoms with Gasteiger partial charge in [0, 0.05) is 39.3 Å². The van der Waals surface area contributed by atoms with E-state index < -0.39 is 0 Å². The summed E-state index contributed by atoms with van der Waals surface area (Å²) >= 11 is 0. The van der Waals surface area contributed by atoms with Crippen molar-refractivity contribution in [3.05, 3.63) is 0 Å². The number of rotatable bonds is 4. The Kier molecular flexibility index (Phi) is 7.56. The van der Waals surface area contributed by atoms with E-state index in [1.54, 1.807) is 14.1 Å². The number of nitrogens with zero attached hydrogens (tertiary/aromatic N) is 4. The van der Waals surface area contributed by atoms with Crippen LogP contribution in [0.25, 0.3) is 0 Å². The monoisotopic (exact) mass is 437 g/mol. The van der Waals surface area contributed by atoms with Gasteiger partial charge in [0.15, 0.2) is 5.96 Å². The van der Waals surface area contributed by atoms with E-state index in [1.165, 1.54) is 4.90 Å². The average Bonchev–Trinajstić information content (AvgIpc) is 3.26. The number of nitrogens with one attached hydrogen (secondary N) is 1. The summed E-state index contributed by atoms with van der Waals surface area (Å²) in [6.07, 6.45) is 2.27. The molecule has 1 saturated carbocycles. The molecule has 0 unspecified atom stereocenters. The molecule has 23 heavy (non-hydrogen) atoms. The third-order valence-electron chi connectivity index (χ3n) is 3.83. The zero-order valence-electron chi connectivity index (χ0n) is 14.4. The van der Waals surface area contributed by atoms with Gasteiger partial charge in [-0.05, 0) is 26.7 Å². The second kappa shape index (κ2) is 8.70. The van der Waals surface area contributed by atoms with E-state index in [4.69, 9.17) is 0 Å². The van der Waals surface area contributed by atoms with Crippen LogP contribution < -0.4 is 5.32 Å². The highest BCUT2D eigenvalue weighted by Crippen LogP contribution is 2.28. The second-order valence-electron chi connectivity index (χ2n) is 6.47. The molecule has 0 aromatic rings. The summed E-state index contributed by atoms with van der Waals surface area (Å²) in [5.41, 5.74) is 0. The fraction of sp³-hybridized carbons (Fsp3) is 0.800. The molecule has 0 spiro atoms. The van der Waals surface area contributed by atoms with Crippen LogP contribution in [0.5, 0.6) is 0 Å². The third-order valence-corrected chi connectivity index (χ3v) is 3.83. The van der Waals surface area contributed by atoms with Crippen LogP contribution in [0.1, 0.15) is 26.7 Å². The predicted octanol–water partition coefficient (Wildman–Crippen LogP) is 0.353. The lowest BCUT2D eigenvalue weighted by Crippen LogP contribution is -2.56. The number of carbonyl (C=O) groups excluding carboxylic acids is 2. The molecule has 2 aliphatic rings. The number of amides is 2.